The van der Waals surface area contributed by atoms with Gasteiger partial charge in [0, 0.05) is 25.0 Å². The zero-order valence-electron chi connectivity index (χ0n) is 13.4. The van der Waals surface area contributed by atoms with Crippen LogP contribution in [0.4, 0.5) is 0 Å². The van der Waals surface area contributed by atoms with Gasteiger partial charge in [-0.05, 0) is 56.1 Å². The lowest BCUT2D eigenvalue weighted by molar-refractivity contribution is -0.135. The molecule has 2 saturated heterocycles. The molecule has 2 fully saturated rings. The first kappa shape index (κ1) is 14.3. The van der Waals surface area contributed by atoms with Crippen LogP contribution in [0, 0.1) is 5.92 Å². The van der Waals surface area contributed by atoms with Crippen LogP contribution in [0.3, 0.4) is 0 Å². The summed E-state index contributed by atoms with van der Waals surface area (Å²) in [5.41, 5.74) is 2.76. The van der Waals surface area contributed by atoms with Crippen LogP contribution in [0.15, 0.2) is 24.3 Å². The third-order valence-corrected chi connectivity index (χ3v) is 5.95. The molecule has 3 atom stereocenters. The predicted octanol–water partition coefficient (Wildman–Crippen LogP) is 3.05. The van der Waals surface area contributed by atoms with E-state index >= 15 is 0 Å². The highest BCUT2D eigenvalue weighted by Gasteiger charge is 2.36. The SMILES string of the molecule is CC1c2ccccc2CCN1C(=O)CC1CC2CCC(C1)N2. The molecule has 1 amide bonds. The number of fused-ring (bicyclic) bond motifs is 3. The van der Waals surface area contributed by atoms with Gasteiger partial charge < -0.3 is 10.2 Å². The largest absolute Gasteiger partial charge is 0.336 e. The molecule has 22 heavy (non-hydrogen) atoms. The molecule has 3 nitrogen and oxygen atoms in total. The number of amides is 1. The van der Waals surface area contributed by atoms with Gasteiger partial charge in [-0.25, -0.2) is 0 Å². The van der Waals surface area contributed by atoms with Gasteiger partial charge in [0.05, 0.1) is 6.04 Å². The molecule has 3 unspecified atom stereocenters. The summed E-state index contributed by atoms with van der Waals surface area (Å²) < 4.78 is 0. The molecule has 1 aromatic rings. The number of rotatable bonds is 2. The third-order valence-electron chi connectivity index (χ3n) is 5.95. The van der Waals surface area contributed by atoms with Crippen LogP contribution in [0.1, 0.15) is 56.2 Å². The number of benzene rings is 1. The van der Waals surface area contributed by atoms with Gasteiger partial charge in [-0.2, -0.15) is 0 Å². The van der Waals surface area contributed by atoms with Crippen molar-refractivity contribution in [1.82, 2.24) is 10.2 Å². The summed E-state index contributed by atoms with van der Waals surface area (Å²) in [5.74, 6) is 0.962. The lowest BCUT2D eigenvalue weighted by Gasteiger charge is -2.37. The van der Waals surface area contributed by atoms with Gasteiger partial charge in [0.25, 0.3) is 0 Å². The topological polar surface area (TPSA) is 32.3 Å². The van der Waals surface area contributed by atoms with Crippen molar-refractivity contribution in [2.75, 3.05) is 6.54 Å². The molecule has 0 radical (unpaired) electrons. The lowest BCUT2D eigenvalue weighted by atomic mass is 9.88. The van der Waals surface area contributed by atoms with E-state index in [1.165, 1.54) is 36.8 Å². The molecule has 3 aliphatic rings. The van der Waals surface area contributed by atoms with Crippen LogP contribution in [0.5, 0.6) is 0 Å². The highest BCUT2D eigenvalue weighted by molar-refractivity contribution is 5.77. The summed E-state index contributed by atoms with van der Waals surface area (Å²) in [7, 11) is 0. The standard InChI is InChI=1S/C19H26N2O/c1-13-18-5-3-2-4-15(18)8-9-21(13)19(22)12-14-10-16-6-7-17(11-14)20-16/h2-5,13-14,16-17,20H,6-12H2,1H3. The smallest absolute Gasteiger partial charge is 0.223 e. The number of carbonyl (C=O) groups is 1. The Morgan fingerprint density at radius 1 is 1.23 bits per heavy atom. The van der Waals surface area contributed by atoms with Crippen LogP contribution in [0.2, 0.25) is 0 Å². The molecule has 3 heterocycles. The minimum Gasteiger partial charge on any atom is -0.336 e. The van der Waals surface area contributed by atoms with Crippen molar-refractivity contribution < 1.29 is 4.79 Å². The summed E-state index contributed by atoms with van der Waals surface area (Å²) in [6.45, 7) is 3.07. The molecule has 3 heteroatoms. The Balaban J connectivity index is 1.43. The first-order valence-electron chi connectivity index (χ1n) is 8.84. The van der Waals surface area contributed by atoms with Crippen molar-refractivity contribution in [3.63, 3.8) is 0 Å². The van der Waals surface area contributed by atoms with Crippen molar-refractivity contribution in [2.45, 2.75) is 63.6 Å². The van der Waals surface area contributed by atoms with Crippen molar-refractivity contribution in [3.05, 3.63) is 35.4 Å². The molecule has 0 saturated carbocycles. The molecular formula is C19H26N2O. The van der Waals surface area contributed by atoms with Crippen molar-refractivity contribution in [3.8, 4) is 0 Å². The van der Waals surface area contributed by atoms with Crippen LogP contribution < -0.4 is 5.32 Å². The Morgan fingerprint density at radius 3 is 2.73 bits per heavy atom. The summed E-state index contributed by atoms with van der Waals surface area (Å²) >= 11 is 0. The van der Waals surface area contributed by atoms with E-state index in [1.807, 2.05) is 0 Å². The zero-order chi connectivity index (χ0) is 15.1. The van der Waals surface area contributed by atoms with Crippen molar-refractivity contribution in [1.29, 1.82) is 0 Å². The number of nitrogens with zero attached hydrogens (tertiary/aromatic N) is 1. The monoisotopic (exact) mass is 298 g/mol. The van der Waals surface area contributed by atoms with Gasteiger partial charge in [-0.3, -0.25) is 4.79 Å². The van der Waals surface area contributed by atoms with E-state index in [0.29, 0.717) is 23.9 Å². The van der Waals surface area contributed by atoms with Crippen LogP contribution in [0.25, 0.3) is 0 Å². The molecule has 0 aliphatic carbocycles. The Kier molecular flexibility index (Phi) is 3.69. The number of carbonyl (C=O) groups excluding carboxylic acids is 1. The highest BCUT2D eigenvalue weighted by atomic mass is 16.2. The molecular weight excluding hydrogens is 272 g/mol. The maximum absolute atomic E-state index is 12.8. The van der Waals surface area contributed by atoms with Crippen LogP contribution >= 0.6 is 0 Å². The first-order valence-corrected chi connectivity index (χ1v) is 8.84. The summed E-state index contributed by atoms with van der Waals surface area (Å²) in [5, 5.41) is 3.67. The van der Waals surface area contributed by atoms with E-state index in [0.717, 1.165) is 19.4 Å². The molecule has 0 aromatic heterocycles. The fourth-order valence-electron chi connectivity index (χ4n) is 4.82. The normalized spacial score (nSPS) is 33.6. The van der Waals surface area contributed by atoms with E-state index < -0.39 is 0 Å². The van der Waals surface area contributed by atoms with E-state index in [-0.39, 0.29) is 6.04 Å². The molecule has 1 N–H and O–H groups in total. The van der Waals surface area contributed by atoms with Crippen molar-refractivity contribution in [2.24, 2.45) is 5.92 Å². The summed E-state index contributed by atoms with van der Waals surface area (Å²) in [6.07, 6.45) is 6.76. The average Bonchev–Trinajstić information content (AvgIpc) is 2.86. The van der Waals surface area contributed by atoms with Gasteiger partial charge in [0.2, 0.25) is 5.91 Å². The van der Waals surface area contributed by atoms with E-state index in [2.05, 4.69) is 41.4 Å². The second kappa shape index (κ2) is 5.69. The van der Waals surface area contributed by atoms with Crippen LogP contribution in [-0.2, 0) is 11.2 Å². The van der Waals surface area contributed by atoms with Gasteiger partial charge in [0.1, 0.15) is 0 Å². The Morgan fingerprint density at radius 2 is 1.95 bits per heavy atom. The minimum atomic E-state index is 0.232. The van der Waals surface area contributed by atoms with E-state index in [4.69, 9.17) is 0 Å². The minimum absolute atomic E-state index is 0.232. The fraction of sp³-hybridized carbons (Fsp3) is 0.632. The van der Waals surface area contributed by atoms with Gasteiger partial charge in [-0.1, -0.05) is 24.3 Å². The third kappa shape index (κ3) is 2.56. The molecule has 4 rings (SSSR count). The van der Waals surface area contributed by atoms with Gasteiger partial charge in [0.15, 0.2) is 0 Å². The summed E-state index contributed by atoms with van der Waals surface area (Å²) in [6, 6.07) is 10.2. The van der Waals surface area contributed by atoms with Crippen LogP contribution in [-0.4, -0.2) is 29.4 Å². The number of hydrogen-bond acceptors (Lipinski definition) is 2. The Bertz CT molecular complexity index is 558. The highest BCUT2D eigenvalue weighted by Crippen LogP contribution is 2.35. The quantitative estimate of drug-likeness (QED) is 0.910. The molecule has 1 aromatic carbocycles. The zero-order valence-corrected chi connectivity index (χ0v) is 13.4. The molecule has 118 valence electrons. The lowest BCUT2D eigenvalue weighted by Crippen LogP contribution is -2.42. The van der Waals surface area contributed by atoms with E-state index in [1.54, 1.807) is 0 Å². The summed E-state index contributed by atoms with van der Waals surface area (Å²) in [4.78, 5) is 14.9. The maximum Gasteiger partial charge on any atom is 0.223 e. The first-order chi connectivity index (χ1) is 10.7. The molecule has 3 aliphatic heterocycles. The molecule has 2 bridgehead atoms. The van der Waals surface area contributed by atoms with Gasteiger partial charge >= 0.3 is 0 Å². The fourth-order valence-corrected chi connectivity index (χ4v) is 4.82. The average molecular weight is 298 g/mol. The van der Waals surface area contributed by atoms with Crippen molar-refractivity contribution >= 4 is 5.91 Å². The van der Waals surface area contributed by atoms with Gasteiger partial charge in [-0.15, -0.1) is 0 Å². The Labute approximate surface area is 133 Å². The van der Waals surface area contributed by atoms with E-state index in [9.17, 15) is 4.79 Å². The second-order valence-electron chi connectivity index (χ2n) is 7.39. The number of hydrogen-bond donors (Lipinski definition) is 1. The Hall–Kier alpha value is -1.35. The second-order valence-corrected chi connectivity index (χ2v) is 7.39. The molecule has 0 spiro atoms. The predicted molar refractivity (Wildman–Crippen MR) is 87.6 cm³/mol. The maximum atomic E-state index is 12.8. The number of nitrogens with one attached hydrogen (secondary N) is 1. The number of piperidine rings is 1.